The minimum absolute atomic E-state index is 0.122. The van der Waals surface area contributed by atoms with Gasteiger partial charge in [0.15, 0.2) is 5.37 Å². The molecule has 6 nitrogen and oxygen atoms in total. The van der Waals surface area contributed by atoms with E-state index in [0.29, 0.717) is 5.82 Å². The lowest BCUT2D eigenvalue weighted by molar-refractivity contribution is -0.138. The van der Waals surface area contributed by atoms with Crippen molar-refractivity contribution in [2.45, 2.75) is 30.7 Å². The standard InChI is InChI=1S/C18H18F3N5OS/c1-10-15(24-16(27)17-22-8-9-28-17)26-14(23-10)7-6-13(25-26)11-4-2-3-5-12(11)18(19,20)21/h2-9,13-14,17,22-23,25H,1H3,(H,24,27). The maximum atomic E-state index is 13.4. The number of allylic oxidation sites excluding steroid dienone is 1. The van der Waals surface area contributed by atoms with E-state index in [1.54, 1.807) is 41.8 Å². The van der Waals surface area contributed by atoms with Crippen LogP contribution in [-0.2, 0) is 11.0 Å². The fraction of sp³-hybridized carbons (Fsp3) is 0.278. The van der Waals surface area contributed by atoms with Crippen LogP contribution in [-0.4, -0.2) is 22.5 Å². The molecule has 0 bridgehead atoms. The Labute approximate surface area is 163 Å². The average molecular weight is 409 g/mol. The number of amides is 1. The second-order valence-corrected chi connectivity index (χ2v) is 7.50. The van der Waals surface area contributed by atoms with Gasteiger partial charge in [-0.2, -0.15) is 13.2 Å². The summed E-state index contributed by atoms with van der Waals surface area (Å²) >= 11 is 1.34. The molecule has 3 heterocycles. The molecule has 3 aliphatic rings. The molecule has 0 saturated heterocycles. The average Bonchev–Trinajstić information content (AvgIpc) is 3.29. The first kappa shape index (κ1) is 18.8. The number of nitrogens with zero attached hydrogens (tertiary/aromatic N) is 1. The minimum Gasteiger partial charge on any atom is -0.371 e. The molecule has 4 rings (SSSR count). The Balaban J connectivity index is 1.56. The maximum absolute atomic E-state index is 13.4. The molecule has 10 heteroatoms. The zero-order valence-electron chi connectivity index (χ0n) is 14.7. The summed E-state index contributed by atoms with van der Waals surface area (Å²) < 4.78 is 40.2. The van der Waals surface area contributed by atoms with Crippen LogP contribution in [0.25, 0.3) is 0 Å². The summed E-state index contributed by atoms with van der Waals surface area (Å²) in [5.74, 6) is 0.249. The molecular formula is C18H18F3N5OS. The second-order valence-electron chi connectivity index (χ2n) is 6.48. The maximum Gasteiger partial charge on any atom is 0.416 e. The van der Waals surface area contributed by atoms with E-state index >= 15 is 0 Å². The molecular weight excluding hydrogens is 391 g/mol. The molecule has 3 unspecified atom stereocenters. The summed E-state index contributed by atoms with van der Waals surface area (Å²) in [6, 6.07) is 4.78. The van der Waals surface area contributed by atoms with Gasteiger partial charge in [0.25, 0.3) is 5.91 Å². The number of rotatable bonds is 3. The van der Waals surface area contributed by atoms with Crippen LogP contribution in [0.5, 0.6) is 0 Å². The lowest BCUT2D eigenvalue weighted by Crippen LogP contribution is -2.52. The minimum atomic E-state index is -4.45. The van der Waals surface area contributed by atoms with Gasteiger partial charge in [0.05, 0.1) is 17.3 Å². The van der Waals surface area contributed by atoms with Gasteiger partial charge in [0.2, 0.25) is 0 Å². The fourth-order valence-corrected chi connectivity index (χ4v) is 3.97. The van der Waals surface area contributed by atoms with Crippen molar-refractivity contribution in [3.63, 3.8) is 0 Å². The van der Waals surface area contributed by atoms with Crippen LogP contribution in [0.1, 0.15) is 24.1 Å². The Bertz CT molecular complexity index is 874. The zero-order chi connectivity index (χ0) is 19.9. The SMILES string of the molecule is CC1=C(NC(=O)C2NC=CS2)N2NC(c3ccccc3C(F)(F)F)C=CC2N1. The Morgan fingerprint density at radius 3 is 2.75 bits per heavy atom. The van der Waals surface area contributed by atoms with E-state index in [4.69, 9.17) is 0 Å². The smallest absolute Gasteiger partial charge is 0.371 e. The summed E-state index contributed by atoms with van der Waals surface area (Å²) in [4.78, 5) is 12.4. The van der Waals surface area contributed by atoms with E-state index < -0.39 is 23.2 Å². The lowest BCUT2D eigenvalue weighted by atomic mass is 9.99. The van der Waals surface area contributed by atoms with Crippen molar-refractivity contribution in [1.29, 1.82) is 0 Å². The van der Waals surface area contributed by atoms with Crippen LogP contribution in [0.2, 0.25) is 0 Å². The number of alkyl halides is 3. The lowest BCUT2D eigenvalue weighted by Gasteiger charge is -2.35. The van der Waals surface area contributed by atoms with E-state index in [0.717, 1.165) is 11.8 Å². The van der Waals surface area contributed by atoms with Crippen molar-refractivity contribution in [2.24, 2.45) is 0 Å². The van der Waals surface area contributed by atoms with Crippen LogP contribution in [0, 0.1) is 0 Å². The van der Waals surface area contributed by atoms with Gasteiger partial charge in [-0.05, 0) is 30.0 Å². The van der Waals surface area contributed by atoms with Crippen LogP contribution in [0.15, 0.2) is 59.5 Å². The van der Waals surface area contributed by atoms with E-state index in [-0.39, 0.29) is 17.6 Å². The van der Waals surface area contributed by atoms with Crippen LogP contribution in [0.3, 0.4) is 0 Å². The molecule has 0 fully saturated rings. The highest BCUT2D eigenvalue weighted by molar-refractivity contribution is 8.03. The Kier molecular flexibility index (Phi) is 4.76. The molecule has 0 spiro atoms. The molecule has 3 atom stereocenters. The number of benzene rings is 1. The van der Waals surface area contributed by atoms with Gasteiger partial charge in [0, 0.05) is 6.20 Å². The number of hydrogen-bond acceptors (Lipinski definition) is 6. The van der Waals surface area contributed by atoms with Crippen molar-refractivity contribution in [2.75, 3.05) is 0 Å². The molecule has 0 aliphatic carbocycles. The number of fused-ring (bicyclic) bond motifs is 1. The van der Waals surface area contributed by atoms with E-state index in [9.17, 15) is 18.0 Å². The number of nitrogens with one attached hydrogen (secondary N) is 4. The Morgan fingerprint density at radius 1 is 1.25 bits per heavy atom. The molecule has 148 valence electrons. The molecule has 1 aromatic carbocycles. The van der Waals surface area contributed by atoms with E-state index in [1.807, 2.05) is 0 Å². The first-order chi connectivity index (χ1) is 13.3. The van der Waals surface area contributed by atoms with Crippen LogP contribution < -0.4 is 21.4 Å². The largest absolute Gasteiger partial charge is 0.416 e. The van der Waals surface area contributed by atoms with Gasteiger partial charge in [0.1, 0.15) is 12.0 Å². The second kappa shape index (κ2) is 7.10. The van der Waals surface area contributed by atoms with E-state index in [1.165, 1.54) is 23.9 Å². The Morgan fingerprint density at radius 2 is 2.04 bits per heavy atom. The fourth-order valence-electron chi connectivity index (χ4n) is 3.32. The summed E-state index contributed by atoms with van der Waals surface area (Å²) in [7, 11) is 0. The quantitative estimate of drug-likeness (QED) is 0.576. The van der Waals surface area contributed by atoms with Crippen molar-refractivity contribution in [3.8, 4) is 0 Å². The number of hydrazine groups is 1. The molecule has 0 radical (unpaired) electrons. The number of carbonyl (C=O) groups excluding carboxylic acids is 1. The third-order valence-electron chi connectivity index (χ3n) is 4.61. The van der Waals surface area contributed by atoms with Crippen molar-refractivity contribution >= 4 is 17.7 Å². The van der Waals surface area contributed by atoms with Crippen molar-refractivity contribution < 1.29 is 18.0 Å². The van der Waals surface area contributed by atoms with Gasteiger partial charge in [-0.15, -0.1) is 0 Å². The van der Waals surface area contributed by atoms with Gasteiger partial charge in [-0.25, -0.2) is 5.43 Å². The normalized spacial score (nSPS) is 26.1. The molecule has 4 N–H and O–H groups in total. The highest BCUT2D eigenvalue weighted by Gasteiger charge is 2.38. The molecule has 0 aromatic heterocycles. The van der Waals surface area contributed by atoms with Crippen molar-refractivity contribution in [1.82, 2.24) is 26.4 Å². The van der Waals surface area contributed by atoms with E-state index in [2.05, 4.69) is 21.4 Å². The van der Waals surface area contributed by atoms with Gasteiger partial charge >= 0.3 is 6.18 Å². The third kappa shape index (κ3) is 3.45. The number of thioether (sulfide) groups is 1. The summed E-state index contributed by atoms with van der Waals surface area (Å²) in [6.07, 6.45) is 0.411. The zero-order valence-corrected chi connectivity index (χ0v) is 15.6. The number of carbonyl (C=O) groups is 1. The highest BCUT2D eigenvalue weighted by Crippen LogP contribution is 2.36. The Hall–Kier alpha value is -2.59. The highest BCUT2D eigenvalue weighted by atomic mass is 32.2. The molecule has 1 aromatic rings. The van der Waals surface area contributed by atoms with Gasteiger partial charge < -0.3 is 16.0 Å². The van der Waals surface area contributed by atoms with Gasteiger partial charge in [-0.1, -0.05) is 36.0 Å². The van der Waals surface area contributed by atoms with Gasteiger partial charge in [-0.3, -0.25) is 9.80 Å². The molecule has 1 amide bonds. The van der Waals surface area contributed by atoms with Crippen LogP contribution >= 0.6 is 11.8 Å². The summed E-state index contributed by atoms with van der Waals surface area (Å²) in [6.45, 7) is 1.80. The molecule has 0 saturated carbocycles. The number of hydrogen-bond donors (Lipinski definition) is 4. The predicted molar refractivity (Wildman–Crippen MR) is 99.7 cm³/mol. The first-order valence-electron chi connectivity index (χ1n) is 8.59. The monoisotopic (exact) mass is 409 g/mol. The topological polar surface area (TPSA) is 68.4 Å². The number of halogens is 3. The predicted octanol–water partition coefficient (Wildman–Crippen LogP) is 2.49. The summed E-state index contributed by atoms with van der Waals surface area (Å²) in [5, 5.41) is 12.0. The van der Waals surface area contributed by atoms with Crippen molar-refractivity contribution in [3.05, 3.63) is 70.7 Å². The first-order valence-corrected chi connectivity index (χ1v) is 9.53. The van der Waals surface area contributed by atoms with Crippen LogP contribution in [0.4, 0.5) is 13.2 Å². The molecule has 28 heavy (non-hydrogen) atoms. The summed E-state index contributed by atoms with van der Waals surface area (Å²) in [5.41, 5.74) is 3.24. The molecule has 3 aliphatic heterocycles. The third-order valence-corrected chi connectivity index (χ3v) is 5.53.